The molecule has 0 amide bonds. The normalized spacial score (nSPS) is 9.81. The molecule has 0 atom stereocenters. The second-order valence-electron chi connectivity index (χ2n) is 6.58. The largest absolute Gasteiger partial charge is 0.457 e. The van der Waals surface area contributed by atoms with Crippen molar-refractivity contribution in [1.29, 1.82) is 10.5 Å². The van der Waals surface area contributed by atoms with Crippen molar-refractivity contribution in [1.82, 2.24) is 0 Å². The zero-order chi connectivity index (χ0) is 22.2. The summed E-state index contributed by atoms with van der Waals surface area (Å²) >= 11 is 0. The van der Waals surface area contributed by atoms with Crippen LogP contribution in [0.1, 0.15) is 0 Å². The molecule has 0 aliphatic rings. The van der Waals surface area contributed by atoms with E-state index in [1.165, 1.54) is 0 Å². The molecule has 0 aliphatic carbocycles. The average molecular weight is 420 g/mol. The molecule has 0 N–H and O–H groups in total. The fraction of sp³-hybridized carbons (Fsp3) is 0. The fourth-order valence-corrected chi connectivity index (χ4v) is 2.96. The van der Waals surface area contributed by atoms with Gasteiger partial charge in [0, 0.05) is 0 Å². The second-order valence-corrected chi connectivity index (χ2v) is 6.58. The highest BCUT2D eigenvalue weighted by molar-refractivity contribution is 5.65. The van der Waals surface area contributed by atoms with Gasteiger partial charge in [-0.25, -0.2) is 0 Å². The lowest BCUT2D eigenvalue weighted by atomic mass is 10.1. The van der Waals surface area contributed by atoms with Gasteiger partial charge < -0.3 is 18.9 Å². The number of hydrogen-bond donors (Lipinski definition) is 0. The Kier molecular flexibility index (Phi) is 6.17. The molecule has 0 aliphatic heterocycles. The van der Waals surface area contributed by atoms with E-state index in [0.717, 1.165) is 11.1 Å². The molecule has 0 saturated carbocycles. The zero-order valence-electron chi connectivity index (χ0n) is 16.8. The van der Waals surface area contributed by atoms with Gasteiger partial charge in [0.25, 0.3) is 12.5 Å². The fourth-order valence-electron chi connectivity index (χ4n) is 2.96. The lowest BCUT2D eigenvalue weighted by Crippen LogP contribution is -1.87. The van der Waals surface area contributed by atoms with Crippen molar-refractivity contribution >= 4 is 0 Å². The minimum atomic E-state index is 0.465. The van der Waals surface area contributed by atoms with Crippen LogP contribution in [0.15, 0.2) is 97.1 Å². The van der Waals surface area contributed by atoms with Crippen LogP contribution < -0.4 is 18.9 Å². The second kappa shape index (κ2) is 9.71. The van der Waals surface area contributed by atoms with Crippen molar-refractivity contribution in [2.75, 3.05) is 0 Å². The number of ether oxygens (including phenoxy) is 4. The molecule has 4 rings (SSSR count). The van der Waals surface area contributed by atoms with Gasteiger partial charge in [-0.15, -0.1) is 10.5 Å². The lowest BCUT2D eigenvalue weighted by Gasteiger charge is -2.09. The van der Waals surface area contributed by atoms with E-state index in [-0.39, 0.29) is 0 Å². The van der Waals surface area contributed by atoms with Gasteiger partial charge in [0.15, 0.2) is 0 Å². The Labute approximate surface area is 185 Å². The third-order valence-corrected chi connectivity index (χ3v) is 4.49. The third kappa shape index (κ3) is 5.15. The molecule has 154 valence electrons. The molecule has 0 unspecified atom stereocenters. The summed E-state index contributed by atoms with van der Waals surface area (Å²) in [5.74, 6) is 3.63. The monoisotopic (exact) mass is 420 g/mol. The summed E-state index contributed by atoms with van der Waals surface area (Å²) in [7, 11) is 0. The molecule has 4 aromatic carbocycles. The van der Waals surface area contributed by atoms with Crippen LogP contribution in [0, 0.1) is 23.0 Å². The molecule has 6 heteroatoms. The van der Waals surface area contributed by atoms with Crippen LogP contribution in [0.5, 0.6) is 34.5 Å². The Hall–Kier alpha value is -4.94. The Morgan fingerprint density at radius 3 is 0.906 bits per heavy atom. The van der Waals surface area contributed by atoms with Crippen LogP contribution in [0.4, 0.5) is 0 Å². The topological polar surface area (TPSA) is 84.5 Å². The number of nitriles is 2. The molecule has 6 nitrogen and oxygen atoms in total. The predicted octanol–water partition coefficient (Wildman–Crippen LogP) is 6.66. The van der Waals surface area contributed by atoms with Crippen LogP contribution in [0.25, 0.3) is 11.1 Å². The minimum Gasteiger partial charge on any atom is -0.457 e. The van der Waals surface area contributed by atoms with Crippen LogP contribution >= 0.6 is 0 Å². The van der Waals surface area contributed by atoms with E-state index in [1.54, 1.807) is 61.0 Å². The van der Waals surface area contributed by atoms with Crippen molar-refractivity contribution in [3.05, 3.63) is 97.1 Å². The Morgan fingerprint density at radius 1 is 0.375 bits per heavy atom. The highest BCUT2D eigenvalue weighted by atomic mass is 16.5. The summed E-state index contributed by atoms with van der Waals surface area (Å²) in [6, 6.07) is 29.1. The maximum atomic E-state index is 8.53. The summed E-state index contributed by atoms with van der Waals surface area (Å²) in [5.41, 5.74) is 2.08. The Balaban J connectivity index is 1.38. The first-order chi connectivity index (χ1) is 15.7. The molecule has 0 bridgehead atoms. The Bertz CT molecular complexity index is 1150. The SMILES string of the molecule is N#COc1ccc(Oc2ccc(-c3ccc(Oc4ccc(OC#N)cc4)cc3)cc2)cc1. The predicted molar refractivity (Wildman–Crippen MR) is 117 cm³/mol. The quantitative estimate of drug-likeness (QED) is 0.311. The highest BCUT2D eigenvalue weighted by Crippen LogP contribution is 2.29. The Morgan fingerprint density at radius 2 is 0.625 bits per heavy atom. The molecular formula is C26H16N2O4. The van der Waals surface area contributed by atoms with Crippen LogP contribution in [-0.4, -0.2) is 0 Å². The minimum absolute atomic E-state index is 0.465. The van der Waals surface area contributed by atoms with Gasteiger partial charge in [-0.1, -0.05) is 24.3 Å². The van der Waals surface area contributed by atoms with Crippen molar-refractivity contribution in [3.8, 4) is 58.1 Å². The van der Waals surface area contributed by atoms with Crippen molar-refractivity contribution in [3.63, 3.8) is 0 Å². The van der Waals surface area contributed by atoms with E-state index < -0.39 is 0 Å². The summed E-state index contributed by atoms with van der Waals surface area (Å²) < 4.78 is 21.2. The molecule has 32 heavy (non-hydrogen) atoms. The number of rotatable bonds is 7. The van der Waals surface area contributed by atoms with Crippen molar-refractivity contribution < 1.29 is 18.9 Å². The standard InChI is InChI=1S/C26H16N2O4/c27-17-29-21-9-13-25(14-10-21)31-23-5-1-19(2-6-23)20-3-7-24(8-4-20)32-26-15-11-22(12-16-26)30-18-28/h1-16H. The van der Waals surface area contributed by atoms with Gasteiger partial charge in [0.1, 0.15) is 34.5 Å². The summed E-state index contributed by atoms with van der Waals surface area (Å²) in [6.07, 6.45) is 3.27. The molecule has 0 radical (unpaired) electrons. The van der Waals surface area contributed by atoms with E-state index in [2.05, 4.69) is 0 Å². The van der Waals surface area contributed by atoms with Gasteiger partial charge >= 0.3 is 0 Å². The molecule has 0 saturated heterocycles. The lowest BCUT2D eigenvalue weighted by molar-refractivity contribution is 0.476. The van der Waals surface area contributed by atoms with Gasteiger partial charge in [-0.05, 0) is 83.9 Å². The van der Waals surface area contributed by atoms with E-state index in [4.69, 9.17) is 29.5 Å². The van der Waals surface area contributed by atoms with Gasteiger partial charge in [-0.3, -0.25) is 0 Å². The summed E-state index contributed by atoms with van der Waals surface area (Å²) in [5, 5.41) is 17.1. The summed E-state index contributed by atoms with van der Waals surface area (Å²) in [6.45, 7) is 0. The van der Waals surface area contributed by atoms with E-state index in [0.29, 0.717) is 34.5 Å². The van der Waals surface area contributed by atoms with E-state index >= 15 is 0 Å². The van der Waals surface area contributed by atoms with E-state index in [1.807, 2.05) is 48.5 Å². The zero-order valence-corrected chi connectivity index (χ0v) is 16.8. The number of hydrogen-bond acceptors (Lipinski definition) is 6. The number of benzene rings is 4. The first-order valence-corrected chi connectivity index (χ1v) is 9.62. The van der Waals surface area contributed by atoms with Gasteiger partial charge in [0.2, 0.25) is 0 Å². The van der Waals surface area contributed by atoms with E-state index in [9.17, 15) is 0 Å². The van der Waals surface area contributed by atoms with Crippen LogP contribution in [-0.2, 0) is 0 Å². The average Bonchev–Trinajstić information content (AvgIpc) is 2.83. The van der Waals surface area contributed by atoms with Gasteiger partial charge in [0.05, 0.1) is 0 Å². The molecular weight excluding hydrogens is 404 g/mol. The first-order valence-electron chi connectivity index (χ1n) is 9.62. The maximum absolute atomic E-state index is 8.53. The van der Waals surface area contributed by atoms with Crippen molar-refractivity contribution in [2.24, 2.45) is 0 Å². The smallest absolute Gasteiger partial charge is 0.292 e. The number of nitrogens with zero attached hydrogens (tertiary/aromatic N) is 2. The molecule has 4 aromatic rings. The van der Waals surface area contributed by atoms with Crippen molar-refractivity contribution in [2.45, 2.75) is 0 Å². The third-order valence-electron chi connectivity index (χ3n) is 4.49. The molecule has 0 aromatic heterocycles. The molecule has 0 spiro atoms. The summed E-state index contributed by atoms with van der Waals surface area (Å²) in [4.78, 5) is 0. The first kappa shape index (κ1) is 20.3. The van der Waals surface area contributed by atoms with Crippen LogP contribution in [0.3, 0.4) is 0 Å². The maximum Gasteiger partial charge on any atom is 0.292 e. The highest BCUT2D eigenvalue weighted by Gasteiger charge is 2.03. The molecule has 0 fully saturated rings. The van der Waals surface area contributed by atoms with Gasteiger partial charge in [-0.2, -0.15) is 0 Å². The van der Waals surface area contributed by atoms with Crippen LogP contribution in [0.2, 0.25) is 0 Å². The molecule has 0 heterocycles.